The van der Waals surface area contributed by atoms with Gasteiger partial charge in [0.2, 0.25) is 17.7 Å². The van der Waals surface area contributed by atoms with E-state index in [0.717, 1.165) is 12.0 Å². The molecule has 7 nitrogen and oxygen atoms in total. The van der Waals surface area contributed by atoms with Gasteiger partial charge in [0.1, 0.15) is 6.04 Å². The molecular formula is C26H38ClN3O4. The zero-order valence-corrected chi connectivity index (χ0v) is 21.6. The number of hydrogen-bond acceptors (Lipinski definition) is 4. The average molecular weight is 492 g/mol. The maximum absolute atomic E-state index is 13.5. The van der Waals surface area contributed by atoms with Gasteiger partial charge in [-0.25, -0.2) is 0 Å². The second-order valence-electron chi connectivity index (χ2n) is 10.9. The minimum atomic E-state index is -1.09. The van der Waals surface area contributed by atoms with Crippen molar-refractivity contribution in [2.24, 2.45) is 17.3 Å². The molecule has 0 bridgehead atoms. The second-order valence-corrected chi connectivity index (χ2v) is 11.3. The van der Waals surface area contributed by atoms with E-state index >= 15 is 0 Å². The van der Waals surface area contributed by atoms with Crippen LogP contribution in [0.5, 0.6) is 0 Å². The van der Waals surface area contributed by atoms with Crippen molar-refractivity contribution in [1.29, 1.82) is 0 Å². The number of nitrogens with one attached hydrogen (secondary N) is 2. The van der Waals surface area contributed by atoms with E-state index in [1.54, 1.807) is 17.0 Å². The number of halogens is 1. The first-order chi connectivity index (χ1) is 15.8. The third-order valence-electron chi connectivity index (χ3n) is 7.52. The molecule has 3 rings (SSSR count). The van der Waals surface area contributed by atoms with Gasteiger partial charge < -0.3 is 20.6 Å². The molecule has 188 valence electrons. The molecule has 4 atom stereocenters. The Morgan fingerprint density at radius 2 is 1.79 bits per heavy atom. The molecule has 1 aliphatic heterocycles. The molecule has 3 amide bonds. The molecular weight excluding hydrogens is 454 g/mol. The Kier molecular flexibility index (Phi) is 7.98. The minimum Gasteiger partial charge on any atom is -0.384 e. The fourth-order valence-electron chi connectivity index (χ4n) is 5.39. The number of likely N-dealkylation sites (tertiary alicyclic amines) is 1. The van der Waals surface area contributed by atoms with E-state index in [4.69, 9.17) is 11.6 Å². The Balaban J connectivity index is 1.68. The van der Waals surface area contributed by atoms with E-state index in [1.807, 2.05) is 39.8 Å². The zero-order chi connectivity index (χ0) is 25.3. The summed E-state index contributed by atoms with van der Waals surface area (Å²) in [5, 5.41) is 18.1. The monoisotopic (exact) mass is 491 g/mol. The van der Waals surface area contributed by atoms with E-state index in [9.17, 15) is 19.5 Å². The Hall–Kier alpha value is -2.12. The summed E-state index contributed by atoms with van der Waals surface area (Å²) in [5.41, 5.74) is -0.900. The minimum absolute atomic E-state index is 0.00916. The standard InChI is InChI=1S/C26H38ClN3O4/c1-16(2)22(29-23(32)18-6-11-21(14-18)28-17(3)31)24(33)30-13-12-26(34,25(4,5)15-30)19-7-9-20(27)10-8-19/h7-10,16,18,21-22,34H,6,11-15H2,1-5H3,(H,28,31)(H,29,32)/t18-,21-,22-,26+/m1/s1. The number of rotatable bonds is 6. The van der Waals surface area contributed by atoms with E-state index in [1.165, 1.54) is 6.92 Å². The summed E-state index contributed by atoms with van der Waals surface area (Å²) in [7, 11) is 0. The maximum atomic E-state index is 13.5. The van der Waals surface area contributed by atoms with Crippen molar-refractivity contribution in [3.63, 3.8) is 0 Å². The summed E-state index contributed by atoms with van der Waals surface area (Å²) >= 11 is 6.03. The largest absolute Gasteiger partial charge is 0.384 e. The molecule has 8 heteroatoms. The Morgan fingerprint density at radius 1 is 1.15 bits per heavy atom. The predicted molar refractivity (Wildman–Crippen MR) is 132 cm³/mol. The molecule has 1 heterocycles. The highest BCUT2D eigenvalue weighted by atomic mass is 35.5. The predicted octanol–water partition coefficient (Wildman–Crippen LogP) is 3.23. The van der Waals surface area contributed by atoms with Gasteiger partial charge >= 0.3 is 0 Å². The van der Waals surface area contributed by atoms with Crippen LogP contribution in [0.1, 0.15) is 65.9 Å². The van der Waals surface area contributed by atoms with E-state index in [-0.39, 0.29) is 35.6 Å². The highest BCUT2D eigenvalue weighted by molar-refractivity contribution is 6.30. The number of carbonyl (C=O) groups excluding carboxylic acids is 3. The first kappa shape index (κ1) is 26.5. The Bertz CT molecular complexity index is 917. The van der Waals surface area contributed by atoms with Crippen LogP contribution < -0.4 is 10.6 Å². The van der Waals surface area contributed by atoms with Crippen LogP contribution in [0.2, 0.25) is 5.02 Å². The second kappa shape index (κ2) is 10.2. The van der Waals surface area contributed by atoms with Gasteiger partial charge in [-0.1, -0.05) is 51.4 Å². The molecule has 0 spiro atoms. The van der Waals surface area contributed by atoms with Gasteiger partial charge in [0.05, 0.1) is 5.60 Å². The summed E-state index contributed by atoms with van der Waals surface area (Å²) in [4.78, 5) is 39.6. The molecule has 1 aromatic rings. The molecule has 1 saturated carbocycles. The molecule has 0 radical (unpaired) electrons. The lowest BCUT2D eigenvalue weighted by Gasteiger charge is -2.51. The van der Waals surface area contributed by atoms with Crippen molar-refractivity contribution in [2.75, 3.05) is 13.1 Å². The van der Waals surface area contributed by atoms with Crippen molar-refractivity contribution in [3.8, 4) is 0 Å². The summed E-state index contributed by atoms with van der Waals surface area (Å²) < 4.78 is 0. The third-order valence-corrected chi connectivity index (χ3v) is 7.78. The number of aliphatic hydroxyl groups is 1. The third kappa shape index (κ3) is 5.57. The van der Waals surface area contributed by atoms with E-state index < -0.39 is 17.1 Å². The summed E-state index contributed by atoms with van der Waals surface area (Å²) in [6, 6.07) is 6.60. The smallest absolute Gasteiger partial charge is 0.245 e. The number of benzene rings is 1. The fourth-order valence-corrected chi connectivity index (χ4v) is 5.52. The van der Waals surface area contributed by atoms with Gasteiger partial charge in [0.15, 0.2) is 0 Å². The van der Waals surface area contributed by atoms with Crippen molar-refractivity contribution in [2.45, 2.75) is 78.0 Å². The van der Waals surface area contributed by atoms with Crippen LogP contribution in [0, 0.1) is 17.3 Å². The highest BCUT2D eigenvalue weighted by Crippen LogP contribution is 2.46. The van der Waals surface area contributed by atoms with Gasteiger partial charge in [-0.05, 0) is 49.3 Å². The number of nitrogens with zero attached hydrogens (tertiary/aromatic N) is 1. The SMILES string of the molecule is CC(=O)N[C@@H]1CC[C@@H](C(=O)N[C@@H](C(=O)N2CC[C@](O)(c3ccc(Cl)cc3)C(C)(C)C2)C(C)C)C1. The maximum Gasteiger partial charge on any atom is 0.245 e. The van der Waals surface area contributed by atoms with Gasteiger partial charge in [-0.2, -0.15) is 0 Å². The first-order valence-corrected chi connectivity index (χ1v) is 12.6. The highest BCUT2D eigenvalue weighted by Gasteiger charge is 2.50. The van der Waals surface area contributed by atoms with Crippen LogP contribution in [-0.2, 0) is 20.0 Å². The van der Waals surface area contributed by atoms with Crippen molar-refractivity contribution >= 4 is 29.3 Å². The molecule has 2 fully saturated rings. The van der Waals surface area contributed by atoms with Crippen LogP contribution in [0.3, 0.4) is 0 Å². The van der Waals surface area contributed by atoms with Crippen LogP contribution in [0.15, 0.2) is 24.3 Å². The van der Waals surface area contributed by atoms with Crippen LogP contribution >= 0.6 is 11.6 Å². The lowest BCUT2D eigenvalue weighted by atomic mass is 9.66. The van der Waals surface area contributed by atoms with Crippen LogP contribution in [0.4, 0.5) is 0 Å². The van der Waals surface area contributed by atoms with Crippen LogP contribution in [0.25, 0.3) is 0 Å². The quantitative estimate of drug-likeness (QED) is 0.569. The normalized spacial score (nSPS) is 27.4. The molecule has 1 saturated heterocycles. The lowest BCUT2D eigenvalue weighted by Crippen LogP contribution is -2.60. The molecule has 1 aromatic carbocycles. The molecule has 2 aliphatic rings. The Labute approximate surface area is 207 Å². The number of amides is 3. The number of hydrogen-bond donors (Lipinski definition) is 3. The number of piperidine rings is 1. The van der Waals surface area contributed by atoms with Crippen LogP contribution in [-0.4, -0.2) is 52.9 Å². The topological polar surface area (TPSA) is 98.7 Å². The number of carbonyl (C=O) groups is 3. The molecule has 0 aromatic heterocycles. The summed E-state index contributed by atoms with van der Waals surface area (Å²) in [5.74, 6) is -0.629. The molecule has 0 unspecified atom stereocenters. The van der Waals surface area contributed by atoms with Gasteiger partial charge in [-0.15, -0.1) is 0 Å². The fraction of sp³-hybridized carbons (Fsp3) is 0.654. The summed E-state index contributed by atoms with van der Waals surface area (Å²) in [6.07, 6.45) is 2.45. The van der Waals surface area contributed by atoms with Gasteiger partial charge in [-0.3, -0.25) is 14.4 Å². The van der Waals surface area contributed by atoms with Gasteiger partial charge in [0.25, 0.3) is 0 Å². The Morgan fingerprint density at radius 3 is 2.35 bits per heavy atom. The summed E-state index contributed by atoms with van der Waals surface area (Å²) in [6.45, 7) is 10.0. The molecule has 1 aliphatic carbocycles. The van der Waals surface area contributed by atoms with Crippen molar-refractivity contribution in [3.05, 3.63) is 34.9 Å². The lowest BCUT2D eigenvalue weighted by molar-refractivity contribution is -0.157. The van der Waals surface area contributed by atoms with Crippen molar-refractivity contribution in [1.82, 2.24) is 15.5 Å². The molecule has 3 N–H and O–H groups in total. The van der Waals surface area contributed by atoms with E-state index in [0.29, 0.717) is 37.4 Å². The first-order valence-electron chi connectivity index (χ1n) is 12.2. The average Bonchev–Trinajstić information content (AvgIpc) is 3.21. The van der Waals surface area contributed by atoms with E-state index in [2.05, 4.69) is 10.6 Å². The molecule has 34 heavy (non-hydrogen) atoms. The van der Waals surface area contributed by atoms with Crippen molar-refractivity contribution < 1.29 is 19.5 Å². The zero-order valence-electron chi connectivity index (χ0n) is 20.9. The van der Waals surface area contributed by atoms with Gasteiger partial charge in [0, 0.05) is 42.4 Å².